The van der Waals surface area contributed by atoms with Crippen LogP contribution in [0.15, 0.2) is 0 Å². The molecule has 0 atom stereocenters. The molecule has 0 aromatic heterocycles. The highest BCUT2D eigenvalue weighted by Gasteiger charge is -0.0695. The number of hydrogen-bond donors (Lipinski definition) is 0. The summed E-state index contributed by atoms with van der Waals surface area (Å²) in [7, 11) is 0. The lowest BCUT2D eigenvalue weighted by Crippen LogP contribution is 0.885. The smallest absolute Gasteiger partial charge is 0.107 e. The van der Waals surface area contributed by atoms with Crippen molar-refractivity contribution in [1.82, 2.24) is 0 Å². The molecule has 0 unspecified atom stereocenters. The zero-order valence-electron chi connectivity index (χ0n) is 15.9. The first-order valence-electron chi connectivity index (χ1n) is 0. The first-order valence-corrected chi connectivity index (χ1v) is 0. The van der Waals surface area contributed by atoms with Crippen molar-refractivity contribution < 1.29 is 0 Å². The second-order valence-corrected chi connectivity index (χ2v) is 0. The Bertz CT molecular complexity index is 0. The summed E-state index contributed by atoms with van der Waals surface area (Å²) in [6.45, 7) is 0. The molecule has 0 aliphatic heterocycles. The van der Waals surface area contributed by atoms with Crippen molar-refractivity contribution in [2.45, 2.75) is 0 Å². The summed E-state index contributed by atoms with van der Waals surface area (Å²) in [6, 6.07) is 0. The molecule has 0 aromatic carbocycles. The van der Waals surface area contributed by atoms with Crippen LogP contribution in [0.4, 0.5) is 0 Å². The molecule has 0 bridgehead atoms. The van der Waals surface area contributed by atoms with Crippen LogP contribution in [0.1, 0.15) is 0 Å². The second kappa shape index (κ2) is 352. The first-order chi connectivity index (χ1) is 0. The Labute approximate surface area is 904 Å². The fourth-order valence-electron chi connectivity index (χ4n) is 0. The minimum Gasteiger partial charge on any atom is -0.107 e. The van der Waals surface area contributed by atoms with Crippen LogP contribution in [0.5, 0.6) is 0 Å². The number of hydrogen-bond acceptors (Lipinski definition) is 0. The van der Waals surface area contributed by atoms with E-state index >= 15 is 0 Å². The predicted molar refractivity (Wildman–Crippen MR) is 601 cm³/mol. The van der Waals surface area contributed by atoms with Crippen molar-refractivity contribution in [3.05, 3.63) is 0 Å². The lowest BCUT2D eigenvalue weighted by molar-refractivity contribution is 14.0. The van der Waals surface area contributed by atoms with Gasteiger partial charge in [-0.25, -0.2) is 0 Å². The van der Waals surface area contributed by atoms with Gasteiger partial charge in [0.1, 0.15) is 0 Å². The van der Waals surface area contributed by atoms with E-state index in [0.717, 1.165) is 0 Å². The van der Waals surface area contributed by atoms with E-state index in [4.69, 9.17) is 0 Å². The molecule has 0 rings (SSSR count). The zero-order valence-corrected chi connectivity index (χ0v) is 107. The van der Waals surface area contributed by atoms with Gasteiger partial charge in [-0.2, -0.15) is 0 Å². The molecule has 312 valence electrons. The van der Waals surface area contributed by atoms with Gasteiger partial charge in [-0.15, -0.1) is 935 Å². The third-order valence-corrected chi connectivity index (χ3v) is 0. The minimum atomic E-state index is 0. The lowest BCUT2D eigenvalue weighted by Gasteiger charge is -0.108. The Morgan fingerprint density at radius 3 is 0.0256 bits per heavy atom. The molecular weight excluding hydrogens is 4950 g/mol. The summed E-state index contributed by atoms with van der Waals surface area (Å²) >= 11 is 0. The topological polar surface area (TPSA) is 0 Å². The van der Waals surface area contributed by atoms with Gasteiger partial charge in [0.2, 0.25) is 0 Å². The Kier molecular flexibility index (Phi) is 3310. The average molecular weight is 4990 g/mol. The summed E-state index contributed by atoms with van der Waals surface area (Å²) in [6.07, 6.45) is 0. The van der Waals surface area contributed by atoms with Gasteiger partial charge in [-0.1, -0.05) is 0 Å². The van der Waals surface area contributed by atoms with Crippen LogP contribution in [0.3, 0.4) is 0 Å². The van der Waals surface area contributed by atoms with Gasteiger partial charge >= 0.3 is 0 Å². The average Bonchev–Trinajstić information content (AvgIpc) is 0. The molecule has 0 aliphatic rings. The Hall–Kier alpha value is 28.5. The van der Waals surface area contributed by atoms with Crippen molar-refractivity contribution in [1.29, 1.82) is 0 Å². The molecule has 0 amide bonds. The molecule has 39 heavy (non-hydrogen) atoms. The molecule has 0 fully saturated rings. The number of halogens is 39. The van der Waals surface area contributed by atoms with Crippen LogP contribution in [-0.2, 0) is 0 Å². The van der Waals surface area contributed by atoms with Crippen LogP contribution in [-0.4, -0.2) is 0 Å². The molecular formula is H39I39. The van der Waals surface area contributed by atoms with Crippen LogP contribution in [0, 0.1) is 0 Å². The largest absolute Gasteiger partial charge is 0.107 e. The van der Waals surface area contributed by atoms with Gasteiger partial charge in [0.15, 0.2) is 0 Å². The van der Waals surface area contributed by atoms with Gasteiger partial charge in [0.25, 0.3) is 0 Å². The fourth-order valence-corrected chi connectivity index (χ4v) is 0. The van der Waals surface area contributed by atoms with Gasteiger partial charge in [-0.05, 0) is 0 Å². The van der Waals surface area contributed by atoms with E-state index in [-0.39, 0.29) is 935 Å². The minimum absolute atomic E-state index is 0. The predicted octanol–water partition coefficient (Wildman–Crippen LogP) is 24.1. The zero-order chi connectivity index (χ0) is 0. The normalized spacial score (nSPS) is 0. The van der Waals surface area contributed by atoms with E-state index in [9.17, 15) is 0 Å². The van der Waals surface area contributed by atoms with E-state index in [1.807, 2.05) is 0 Å². The lowest BCUT2D eigenvalue weighted by atomic mass is 127. The van der Waals surface area contributed by atoms with Crippen LogP contribution < -0.4 is 0 Å². The molecule has 0 spiro atoms. The Morgan fingerprint density at radius 1 is 0.0256 bits per heavy atom. The maximum Gasteiger partial charge on any atom is -0.107 e. The summed E-state index contributed by atoms with van der Waals surface area (Å²) in [5.41, 5.74) is 0. The molecule has 39 heteroatoms. The third-order valence-electron chi connectivity index (χ3n) is 0. The molecule has 0 N–H and O–H groups in total. The fraction of sp³-hybridized carbons (Fsp3) is 0. The highest BCUT2D eigenvalue weighted by atomic mass is 127. The Morgan fingerprint density at radius 2 is 0.0256 bits per heavy atom. The van der Waals surface area contributed by atoms with Crippen molar-refractivity contribution in [2.24, 2.45) is 0 Å². The second-order valence-electron chi connectivity index (χ2n) is 0. The summed E-state index contributed by atoms with van der Waals surface area (Å²) in [5, 5.41) is 0. The van der Waals surface area contributed by atoms with Crippen molar-refractivity contribution >= 4 is 935 Å². The van der Waals surface area contributed by atoms with Crippen LogP contribution in [0.25, 0.3) is 0 Å². The van der Waals surface area contributed by atoms with Gasteiger partial charge < -0.3 is 0 Å². The van der Waals surface area contributed by atoms with E-state index in [2.05, 4.69) is 0 Å². The summed E-state index contributed by atoms with van der Waals surface area (Å²) in [4.78, 5) is 0. The van der Waals surface area contributed by atoms with Crippen LogP contribution >= 0.6 is 935 Å². The highest BCUT2D eigenvalue weighted by Crippen LogP contribution is 0.924. The summed E-state index contributed by atoms with van der Waals surface area (Å²) < 4.78 is 0. The van der Waals surface area contributed by atoms with E-state index in [0.29, 0.717) is 0 Å². The maximum atomic E-state index is 0. The quantitative estimate of drug-likeness (QED) is 0.212. The molecule has 0 heterocycles. The molecule has 0 saturated carbocycles. The van der Waals surface area contributed by atoms with E-state index in [1.54, 1.807) is 0 Å². The molecule has 0 aromatic rings. The SMILES string of the molecule is I.I.I.I.I.I.I.I.I.I.I.I.I.I.I.I.I.I.I.I.I.I.I.I.I.I.I.I.I.I.I.I.I.I.I.I.I.I.I. The first kappa shape index (κ1) is 368. The van der Waals surface area contributed by atoms with E-state index in [1.165, 1.54) is 0 Å². The standard InChI is InChI=1S/39HI/h39*1H. The number of rotatable bonds is 0. The third kappa shape index (κ3) is 341. The molecule has 0 aliphatic carbocycles. The van der Waals surface area contributed by atoms with Gasteiger partial charge in [-0.3, -0.25) is 0 Å². The molecule has 0 radical (unpaired) electrons. The van der Waals surface area contributed by atoms with E-state index < -0.39 is 0 Å². The van der Waals surface area contributed by atoms with Gasteiger partial charge in [0.05, 0.1) is 0 Å². The van der Waals surface area contributed by atoms with Crippen LogP contribution in [0.2, 0.25) is 0 Å². The highest BCUT2D eigenvalue weighted by molar-refractivity contribution is 14.1. The summed E-state index contributed by atoms with van der Waals surface area (Å²) in [5.74, 6) is 0. The Balaban J connectivity index is 0. The van der Waals surface area contributed by atoms with Gasteiger partial charge in [0, 0.05) is 0 Å². The molecule has 0 saturated heterocycles. The van der Waals surface area contributed by atoms with Crippen molar-refractivity contribution in [3.63, 3.8) is 0 Å². The van der Waals surface area contributed by atoms with Crippen molar-refractivity contribution in [2.75, 3.05) is 0 Å². The maximum absolute atomic E-state index is 0. The van der Waals surface area contributed by atoms with Crippen molar-refractivity contribution in [3.8, 4) is 0 Å². The monoisotopic (exact) mass is 4990 g/mol. The molecule has 0 nitrogen and oxygen atoms in total.